The molecule has 7 heteroatoms. The molecular formula is C12H34O4Si3. The van der Waals surface area contributed by atoms with Crippen molar-refractivity contribution in [2.75, 3.05) is 13.2 Å². The first-order chi connectivity index (χ1) is 8.39. The fourth-order valence-electron chi connectivity index (χ4n) is 1.82. The summed E-state index contributed by atoms with van der Waals surface area (Å²) >= 11 is 0. The zero-order chi connectivity index (χ0) is 15.7. The molecular weight excluding hydrogens is 292 g/mol. The van der Waals surface area contributed by atoms with Gasteiger partial charge in [0.25, 0.3) is 0 Å². The van der Waals surface area contributed by atoms with Crippen LogP contribution in [0.5, 0.6) is 0 Å². The van der Waals surface area contributed by atoms with E-state index in [2.05, 4.69) is 45.8 Å². The minimum absolute atomic E-state index is 0.229. The van der Waals surface area contributed by atoms with Gasteiger partial charge in [-0.3, -0.25) is 0 Å². The van der Waals surface area contributed by atoms with Gasteiger partial charge in [0, 0.05) is 13.2 Å². The zero-order valence-electron chi connectivity index (χ0n) is 14.0. The molecule has 0 rings (SSSR count). The fourth-order valence-corrected chi connectivity index (χ4v) is 14.3. The molecule has 0 radical (unpaired) electrons. The third-order valence-electron chi connectivity index (χ3n) is 1.83. The molecule has 0 fully saturated rings. The average Bonchev–Trinajstić information content (AvgIpc) is 2.09. The van der Waals surface area contributed by atoms with Crippen LogP contribution in [-0.4, -0.2) is 48.6 Å². The van der Waals surface area contributed by atoms with Crippen molar-refractivity contribution in [1.29, 1.82) is 0 Å². The van der Waals surface area contributed by atoms with E-state index in [0.717, 1.165) is 12.5 Å². The van der Waals surface area contributed by atoms with E-state index < -0.39 is 25.2 Å². The molecule has 0 aliphatic heterocycles. The summed E-state index contributed by atoms with van der Waals surface area (Å²) in [5.41, 5.74) is 0. The number of hydrogen-bond acceptors (Lipinski definition) is 4. The Balaban J connectivity index is 0. The lowest BCUT2D eigenvalue weighted by Gasteiger charge is -2.38. The van der Waals surface area contributed by atoms with Crippen LogP contribution in [0.3, 0.4) is 0 Å². The Morgan fingerprint density at radius 2 is 1.11 bits per heavy atom. The summed E-state index contributed by atoms with van der Waals surface area (Å²) in [6.07, 6.45) is 0.789. The van der Waals surface area contributed by atoms with Crippen LogP contribution in [0.25, 0.3) is 0 Å². The van der Waals surface area contributed by atoms with E-state index in [0.29, 0.717) is 0 Å². The topological polar surface area (TPSA) is 58.9 Å². The van der Waals surface area contributed by atoms with E-state index in [9.17, 15) is 0 Å². The Bertz CT molecular complexity index is 208. The zero-order valence-corrected chi connectivity index (χ0v) is 17.0. The molecule has 0 bridgehead atoms. The number of rotatable bonds is 7. The maximum absolute atomic E-state index is 8.96. The Hall–Kier alpha value is 0.491. The van der Waals surface area contributed by atoms with Crippen molar-refractivity contribution in [1.82, 2.24) is 0 Å². The van der Waals surface area contributed by atoms with Gasteiger partial charge in [0.05, 0.1) is 0 Å². The Morgan fingerprint density at radius 1 is 0.789 bits per heavy atom. The van der Waals surface area contributed by atoms with Crippen molar-refractivity contribution in [2.24, 2.45) is 0 Å². The molecule has 0 unspecified atom stereocenters. The number of hydrogen-bond donors (Lipinski definition) is 2. The highest BCUT2D eigenvalue weighted by Gasteiger charge is 2.39. The van der Waals surface area contributed by atoms with Gasteiger partial charge in [-0.2, -0.15) is 0 Å². The maximum Gasteiger partial charge on any atom is 0.314 e. The minimum Gasteiger partial charge on any atom is -0.437 e. The summed E-state index contributed by atoms with van der Waals surface area (Å²) in [6, 6.07) is 0.901. The lowest BCUT2D eigenvalue weighted by molar-refractivity contribution is 0.286. The second-order valence-electron chi connectivity index (χ2n) is 6.71. The van der Waals surface area contributed by atoms with Gasteiger partial charge in [-0.15, -0.1) is 0 Å². The largest absolute Gasteiger partial charge is 0.437 e. The second kappa shape index (κ2) is 9.43. The van der Waals surface area contributed by atoms with Crippen LogP contribution < -0.4 is 0 Å². The van der Waals surface area contributed by atoms with Gasteiger partial charge < -0.3 is 18.4 Å². The smallest absolute Gasteiger partial charge is 0.314 e. The molecule has 0 aromatic rings. The third-order valence-corrected chi connectivity index (χ3v) is 11.4. The summed E-state index contributed by atoms with van der Waals surface area (Å²) in [6.45, 7) is 17.5. The second-order valence-corrected chi connectivity index (χ2v) is 19.6. The van der Waals surface area contributed by atoms with Crippen LogP contribution >= 0.6 is 0 Å². The SMILES string of the molecule is CCO.C[Si](C)(C)O[Si](C)(CCCO)O[Si](C)(C)C. The predicted molar refractivity (Wildman–Crippen MR) is 89.7 cm³/mol. The summed E-state index contributed by atoms with van der Waals surface area (Å²) in [5.74, 6) is 0. The molecule has 0 aromatic carbocycles. The molecule has 0 heterocycles. The third kappa shape index (κ3) is 16.4. The molecule has 2 N–H and O–H groups in total. The normalized spacial score (nSPS) is 12.9. The highest BCUT2D eigenvalue weighted by molar-refractivity contribution is 6.87. The van der Waals surface area contributed by atoms with E-state index in [1.807, 2.05) is 0 Å². The van der Waals surface area contributed by atoms with E-state index >= 15 is 0 Å². The van der Waals surface area contributed by atoms with Gasteiger partial charge in [0.1, 0.15) is 0 Å². The first-order valence-electron chi connectivity index (χ1n) is 7.01. The van der Waals surface area contributed by atoms with Crippen LogP contribution in [0.1, 0.15) is 13.3 Å². The van der Waals surface area contributed by atoms with Crippen LogP contribution in [0, 0.1) is 0 Å². The van der Waals surface area contributed by atoms with Gasteiger partial charge in [0.2, 0.25) is 0 Å². The van der Waals surface area contributed by atoms with Gasteiger partial charge in [-0.05, 0) is 65.2 Å². The highest BCUT2D eigenvalue weighted by atomic mass is 28.5. The van der Waals surface area contributed by atoms with Crippen molar-refractivity contribution in [3.8, 4) is 0 Å². The molecule has 0 amide bonds. The first kappa shape index (κ1) is 21.8. The molecule has 118 valence electrons. The Morgan fingerprint density at radius 3 is 1.32 bits per heavy atom. The van der Waals surface area contributed by atoms with E-state index in [1.54, 1.807) is 6.92 Å². The van der Waals surface area contributed by atoms with E-state index in [-0.39, 0.29) is 13.2 Å². The average molecular weight is 327 g/mol. The van der Waals surface area contributed by atoms with Crippen molar-refractivity contribution < 1.29 is 18.4 Å². The van der Waals surface area contributed by atoms with E-state index in [1.165, 1.54) is 0 Å². The molecule has 0 saturated heterocycles. The summed E-state index contributed by atoms with van der Waals surface area (Å²) in [7, 11) is -5.21. The van der Waals surface area contributed by atoms with Crippen LogP contribution in [-0.2, 0) is 8.23 Å². The first-order valence-corrected chi connectivity index (χ1v) is 16.3. The molecule has 0 saturated carbocycles. The Kier molecular flexibility index (Phi) is 10.8. The fraction of sp³-hybridized carbons (Fsp3) is 1.00. The van der Waals surface area contributed by atoms with Crippen molar-refractivity contribution in [3.05, 3.63) is 0 Å². The molecule has 0 aromatic heterocycles. The summed E-state index contributed by atoms with van der Waals surface area (Å²) < 4.78 is 12.6. The van der Waals surface area contributed by atoms with Gasteiger partial charge >= 0.3 is 8.56 Å². The Labute approximate surface area is 122 Å². The lowest BCUT2D eigenvalue weighted by atomic mass is 10.5. The maximum atomic E-state index is 8.96. The molecule has 0 spiro atoms. The lowest BCUT2D eigenvalue weighted by Crippen LogP contribution is -2.52. The van der Waals surface area contributed by atoms with Crippen LogP contribution in [0.15, 0.2) is 0 Å². The predicted octanol–water partition coefficient (Wildman–Crippen LogP) is 3.14. The summed E-state index contributed by atoms with van der Waals surface area (Å²) in [4.78, 5) is 0. The van der Waals surface area contributed by atoms with E-state index in [4.69, 9.17) is 18.4 Å². The molecule has 0 aliphatic carbocycles. The monoisotopic (exact) mass is 326 g/mol. The van der Waals surface area contributed by atoms with Crippen molar-refractivity contribution in [3.63, 3.8) is 0 Å². The van der Waals surface area contributed by atoms with Gasteiger partial charge in [0.15, 0.2) is 16.6 Å². The van der Waals surface area contributed by atoms with Crippen molar-refractivity contribution in [2.45, 2.75) is 65.2 Å². The van der Waals surface area contributed by atoms with Crippen LogP contribution in [0.2, 0.25) is 51.9 Å². The molecule has 19 heavy (non-hydrogen) atoms. The van der Waals surface area contributed by atoms with Crippen LogP contribution in [0.4, 0.5) is 0 Å². The standard InChI is InChI=1S/C10H28O3Si3.C2H6O/c1-14(2,3)12-16(7,10-8-9-11)13-15(4,5)6;1-2-3/h11H,8-10H2,1-7H3;3H,2H2,1H3. The number of aliphatic hydroxyl groups excluding tert-OH is 2. The quantitative estimate of drug-likeness (QED) is 0.706. The number of aliphatic hydroxyl groups is 2. The minimum atomic E-state index is -2.08. The van der Waals surface area contributed by atoms with Gasteiger partial charge in [-0.1, -0.05) is 0 Å². The summed E-state index contributed by atoms with van der Waals surface area (Å²) in [5, 5.41) is 16.5. The molecule has 0 atom stereocenters. The molecule has 0 aliphatic rings. The molecule has 4 nitrogen and oxygen atoms in total. The van der Waals surface area contributed by atoms with Crippen molar-refractivity contribution >= 4 is 25.2 Å². The van der Waals surface area contributed by atoms with Gasteiger partial charge in [-0.25, -0.2) is 0 Å². The highest BCUT2D eigenvalue weighted by Crippen LogP contribution is 2.25.